The summed E-state index contributed by atoms with van der Waals surface area (Å²) in [6.07, 6.45) is 0. The van der Waals surface area contributed by atoms with E-state index in [0.717, 1.165) is 3.57 Å². The summed E-state index contributed by atoms with van der Waals surface area (Å²) >= 11 is 2.03. The smallest absolute Gasteiger partial charge is 0.537 e. The van der Waals surface area contributed by atoms with Crippen LogP contribution in [0, 0.1) is 3.57 Å². The van der Waals surface area contributed by atoms with E-state index in [1.54, 1.807) is 12.1 Å². The Morgan fingerprint density at radius 3 is 2.06 bits per heavy atom. The second-order valence-electron chi connectivity index (χ2n) is 2.83. The zero-order valence-electron chi connectivity index (χ0n) is 8.70. The number of rotatable bonds is 3. The molecule has 0 aliphatic carbocycles. The monoisotopic (exact) mass is 403 g/mol. The van der Waals surface area contributed by atoms with Crippen molar-refractivity contribution in [2.24, 2.45) is 0 Å². The van der Waals surface area contributed by atoms with Gasteiger partial charge in [0.25, 0.3) is 0 Å². The Kier molecular flexibility index (Phi) is 7.71. The number of hydrogen-bond acceptors (Lipinski definition) is 2. The third-order valence-electron chi connectivity index (χ3n) is 1.62. The molecule has 0 spiro atoms. The molecule has 0 heterocycles. The maximum atomic E-state index is 11.9. The minimum Gasteiger partial charge on any atom is -0.537 e. The Morgan fingerprint density at radius 2 is 1.65 bits per heavy atom. The molecule has 90 valence electrons. The Bertz CT molecular complexity index is 461. The van der Waals surface area contributed by atoms with Crippen LogP contribution in [0.3, 0.4) is 0 Å². The zero-order chi connectivity index (χ0) is 12.4. The summed E-state index contributed by atoms with van der Waals surface area (Å²) in [5.74, 6) is 0. The molecular formula is C8H6F3IKNO2S. The first-order valence-corrected chi connectivity index (χ1v) is 6.49. The van der Waals surface area contributed by atoms with Crippen molar-refractivity contribution in [1.82, 2.24) is 0 Å². The molecule has 0 bridgehead atoms. The molecule has 0 radical (unpaired) electrons. The van der Waals surface area contributed by atoms with Crippen molar-refractivity contribution in [1.29, 1.82) is 0 Å². The number of alkyl halides is 3. The van der Waals surface area contributed by atoms with Crippen molar-refractivity contribution in [2.75, 3.05) is 0 Å². The number of benzene rings is 1. The van der Waals surface area contributed by atoms with Crippen LogP contribution in [0.5, 0.6) is 0 Å². The van der Waals surface area contributed by atoms with Crippen LogP contribution >= 0.6 is 22.6 Å². The molecule has 3 nitrogen and oxygen atoms in total. The fraction of sp³-hybridized carbons (Fsp3) is 0.250. The molecule has 0 fully saturated rings. The Morgan fingerprint density at radius 1 is 1.18 bits per heavy atom. The first kappa shape index (κ1) is 18.3. The van der Waals surface area contributed by atoms with Gasteiger partial charge in [0.2, 0.25) is 0 Å². The van der Waals surface area contributed by atoms with Crippen molar-refractivity contribution < 1.29 is 73.0 Å². The Balaban J connectivity index is 0.00000256. The number of halogens is 4. The van der Waals surface area contributed by atoms with Crippen LogP contribution < -0.4 is 51.4 Å². The molecule has 0 aliphatic rings. The maximum Gasteiger partial charge on any atom is 1.00 e. The summed E-state index contributed by atoms with van der Waals surface area (Å²) in [4.78, 5) is 0. The van der Waals surface area contributed by atoms with Gasteiger partial charge in [-0.3, -0.25) is 0 Å². The topological polar surface area (TPSA) is 48.2 Å². The van der Waals surface area contributed by atoms with E-state index < -0.39 is 22.1 Å². The molecule has 1 aromatic carbocycles. The predicted molar refractivity (Wildman–Crippen MR) is 61.2 cm³/mol. The van der Waals surface area contributed by atoms with Gasteiger partial charge in [0.15, 0.2) is 10.0 Å². The van der Waals surface area contributed by atoms with Gasteiger partial charge in [-0.2, -0.15) is 13.2 Å². The molecule has 0 amide bonds. The van der Waals surface area contributed by atoms with E-state index in [1.807, 2.05) is 22.6 Å². The first-order valence-electron chi connectivity index (χ1n) is 3.97. The SMILES string of the molecule is O=S(=O)([N-]Cc1ccc(I)cc1)C(F)(F)F.[K+]. The minimum atomic E-state index is -5.38. The van der Waals surface area contributed by atoms with Gasteiger partial charge >= 0.3 is 56.9 Å². The average molecular weight is 403 g/mol. The van der Waals surface area contributed by atoms with Crippen LogP contribution in [0.1, 0.15) is 5.56 Å². The molecule has 0 aromatic heterocycles. The summed E-state index contributed by atoms with van der Waals surface area (Å²) in [5.41, 5.74) is -4.91. The molecule has 0 N–H and O–H groups in total. The molecular weight excluding hydrogens is 397 g/mol. The van der Waals surface area contributed by atoms with Crippen LogP contribution in [-0.2, 0) is 16.6 Å². The van der Waals surface area contributed by atoms with E-state index in [4.69, 9.17) is 0 Å². The van der Waals surface area contributed by atoms with Crippen LogP contribution in [-0.4, -0.2) is 13.9 Å². The van der Waals surface area contributed by atoms with Gasteiger partial charge in [0.1, 0.15) is 0 Å². The number of hydrogen-bond donors (Lipinski definition) is 0. The standard InChI is InChI=1S/C8H6F3INO2S.K/c9-8(10,11)16(14,15)13-5-6-1-3-7(12)4-2-6;/h1-4H,5H2;/q-1;+1. The van der Waals surface area contributed by atoms with E-state index in [9.17, 15) is 21.6 Å². The van der Waals surface area contributed by atoms with Gasteiger partial charge in [-0.15, -0.1) is 6.54 Å². The zero-order valence-corrected chi connectivity index (χ0v) is 14.8. The molecule has 0 unspecified atom stereocenters. The Labute approximate surface area is 153 Å². The third-order valence-corrected chi connectivity index (χ3v) is 3.40. The summed E-state index contributed by atoms with van der Waals surface area (Å²) in [7, 11) is -5.38. The molecule has 0 saturated carbocycles. The molecule has 1 rings (SSSR count). The van der Waals surface area contributed by atoms with E-state index >= 15 is 0 Å². The molecule has 0 saturated heterocycles. The third kappa shape index (κ3) is 5.85. The number of nitrogens with zero attached hydrogens (tertiary/aromatic N) is 1. The van der Waals surface area contributed by atoms with Crippen LogP contribution in [0.4, 0.5) is 13.2 Å². The fourth-order valence-electron chi connectivity index (χ4n) is 0.823. The van der Waals surface area contributed by atoms with Gasteiger partial charge in [-0.25, -0.2) is 8.42 Å². The normalized spacial score (nSPS) is 12.0. The molecule has 9 heteroatoms. The van der Waals surface area contributed by atoms with Gasteiger partial charge in [-0.05, 0) is 34.7 Å². The van der Waals surface area contributed by atoms with Crippen molar-refractivity contribution in [3.8, 4) is 0 Å². The van der Waals surface area contributed by atoms with Gasteiger partial charge in [0, 0.05) is 3.57 Å². The maximum absolute atomic E-state index is 11.9. The fourth-order valence-corrected chi connectivity index (χ4v) is 1.65. The van der Waals surface area contributed by atoms with Crippen LogP contribution in [0.25, 0.3) is 4.72 Å². The van der Waals surface area contributed by atoms with Crippen LogP contribution in [0.2, 0.25) is 0 Å². The molecule has 0 atom stereocenters. The summed E-state index contributed by atoms with van der Waals surface area (Å²) in [6, 6.07) is 6.37. The van der Waals surface area contributed by atoms with Gasteiger partial charge < -0.3 is 4.72 Å². The second-order valence-corrected chi connectivity index (χ2v) is 5.75. The quantitative estimate of drug-likeness (QED) is 0.528. The molecule has 1 aromatic rings. The van der Waals surface area contributed by atoms with Gasteiger partial charge in [-0.1, -0.05) is 17.7 Å². The van der Waals surface area contributed by atoms with Crippen molar-refractivity contribution in [3.63, 3.8) is 0 Å². The van der Waals surface area contributed by atoms with E-state index in [1.165, 1.54) is 12.1 Å². The van der Waals surface area contributed by atoms with E-state index in [2.05, 4.69) is 4.72 Å². The van der Waals surface area contributed by atoms with Gasteiger partial charge in [0.05, 0.1) is 0 Å². The van der Waals surface area contributed by atoms with E-state index in [-0.39, 0.29) is 51.4 Å². The minimum absolute atomic E-state index is 0. The number of sulfonamides is 1. The van der Waals surface area contributed by atoms with Crippen LogP contribution in [0.15, 0.2) is 24.3 Å². The second kappa shape index (κ2) is 7.17. The molecule has 0 aliphatic heterocycles. The Hall–Kier alpha value is 1.29. The van der Waals surface area contributed by atoms with Crippen molar-refractivity contribution in [3.05, 3.63) is 38.1 Å². The van der Waals surface area contributed by atoms with Crippen molar-refractivity contribution >= 4 is 32.6 Å². The average Bonchev–Trinajstić information content (AvgIpc) is 2.15. The van der Waals surface area contributed by atoms with Crippen molar-refractivity contribution in [2.45, 2.75) is 12.1 Å². The predicted octanol–water partition coefficient (Wildman–Crippen LogP) is 0.0185. The molecule has 17 heavy (non-hydrogen) atoms. The summed E-state index contributed by atoms with van der Waals surface area (Å²) in [5, 5.41) is 0. The summed E-state index contributed by atoms with van der Waals surface area (Å²) in [6.45, 7) is -0.501. The largest absolute Gasteiger partial charge is 1.00 e. The summed E-state index contributed by atoms with van der Waals surface area (Å²) < 4.78 is 60.5. The first-order chi connectivity index (χ1) is 7.22. The van der Waals surface area contributed by atoms with E-state index in [0.29, 0.717) is 5.56 Å².